The van der Waals surface area contributed by atoms with Gasteiger partial charge in [-0.15, -0.1) is 0 Å². The highest BCUT2D eigenvalue weighted by atomic mass is 16.4. The molecule has 92 valence electrons. The molecule has 0 fully saturated rings. The van der Waals surface area contributed by atoms with E-state index in [0.29, 0.717) is 12.2 Å². The van der Waals surface area contributed by atoms with Gasteiger partial charge in [0.2, 0.25) is 0 Å². The van der Waals surface area contributed by atoms with Crippen LogP contribution >= 0.6 is 0 Å². The molecule has 0 radical (unpaired) electrons. The van der Waals surface area contributed by atoms with Crippen LogP contribution in [0.15, 0.2) is 42.9 Å². The van der Waals surface area contributed by atoms with Gasteiger partial charge in [0, 0.05) is 19.4 Å². The van der Waals surface area contributed by atoms with Crippen molar-refractivity contribution in [2.24, 2.45) is 0 Å². The zero-order valence-electron chi connectivity index (χ0n) is 9.95. The van der Waals surface area contributed by atoms with Crippen molar-refractivity contribution < 1.29 is 9.90 Å². The van der Waals surface area contributed by atoms with E-state index in [1.54, 1.807) is 12.4 Å². The van der Waals surface area contributed by atoms with Crippen LogP contribution in [0.1, 0.15) is 16.1 Å². The average molecular weight is 243 g/mol. The molecule has 0 aliphatic rings. The minimum atomic E-state index is -0.958. The Kier molecular flexibility index (Phi) is 3.52. The van der Waals surface area contributed by atoms with E-state index in [2.05, 4.69) is 9.97 Å². The molecule has 2 rings (SSSR count). The molecule has 0 atom stereocenters. The summed E-state index contributed by atoms with van der Waals surface area (Å²) in [6, 6.07) is 7.13. The maximum Gasteiger partial charge on any atom is 0.337 e. The van der Waals surface area contributed by atoms with Gasteiger partial charge in [-0.1, -0.05) is 6.07 Å². The van der Waals surface area contributed by atoms with Gasteiger partial charge in [0.25, 0.3) is 0 Å². The first-order valence-corrected chi connectivity index (χ1v) is 5.47. The summed E-state index contributed by atoms with van der Waals surface area (Å²) in [5.74, 6) is -0.958. The number of carboxylic acids is 1. The van der Waals surface area contributed by atoms with E-state index in [4.69, 9.17) is 5.11 Å². The molecule has 18 heavy (non-hydrogen) atoms. The van der Waals surface area contributed by atoms with Gasteiger partial charge in [0.05, 0.1) is 29.7 Å². The van der Waals surface area contributed by atoms with Crippen LogP contribution < -0.4 is 4.90 Å². The number of carbonyl (C=O) groups is 1. The molecule has 2 aromatic rings. The molecule has 0 aromatic carbocycles. The van der Waals surface area contributed by atoms with Crippen LogP contribution in [0.3, 0.4) is 0 Å². The number of pyridine rings is 2. The van der Waals surface area contributed by atoms with E-state index in [-0.39, 0.29) is 5.56 Å². The first-order chi connectivity index (χ1) is 8.68. The summed E-state index contributed by atoms with van der Waals surface area (Å²) in [7, 11) is 1.82. The summed E-state index contributed by atoms with van der Waals surface area (Å²) in [6.45, 7) is 0.535. The van der Waals surface area contributed by atoms with Crippen molar-refractivity contribution in [3.8, 4) is 0 Å². The van der Waals surface area contributed by atoms with Crippen molar-refractivity contribution in [3.63, 3.8) is 0 Å². The Morgan fingerprint density at radius 1 is 1.33 bits per heavy atom. The van der Waals surface area contributed by atoms with Crippen molar-refractivity contribution in [1.82, 2.24) is 9.97 Å². The fourth-order valence-corrected chi connectivity index (χ4v) is 1.69. The Hall–Kier alpha value is -2.43. The SMILES string of the molecule is CN(Cc1ccccn1)c1cnccc1C(=O)O. The van der Waals surface area contributed by atoms with Crippen molar-refractivity contribution in [3.05, 3.63) is 54.1 Å². The largest absolute Gasteiger partial charge is 0.478 e. The quantitative estimate of drug-likeness (QED) is 0.887. The van der Waals surface area contributed by atoms with Crippen molar-refractivity contribution in [2.75, 3.05) is 11.9 Å². The molecule has 2 aromatic heterocycles. The molecule has 0 aliphatic heterocycles. The normalized spacial score (nSPS) is 10.1. The molecule has 0 saturated heterocycles. The topological polar surface area (TPSA) is 66.3 Å². The first kappa shape index (κ1) is 12.0. The van der Waals surface area contributed by atoms with Crippen molar-refractivity contribution in [1.29, 1.82) is 0 Å². The van der Waals surface area contributed by atoms with Crippen LogP contribution in [-0.2, 0) is 6.54 Å². The van der Waals surface area contributed by atoms with Gasteiger partial charge in [0.1, 0.15) is 0 Å². The van der Waals surface area contributed by atoms with Gasteiger partial charge in [-0.25, -0.2) is 4.79 Å². The summed E-state index contributed by atoms with van der Waals surface area (Å²) in [5.41, 5.74) is 1.69. The van der Waals surface area contributed by atoms with Gasteiger partial charge in [-0.05, 0) is 18.2 Å². The minimum absolute atomic E-state index is 0.239. The highest BCUT2D eigenvalue weighted by molar-refractivity contribution is 5.94. The monoisotopic (exact) mass is 243 g/mol. The maximum absolute atomic E-state index is 11.1. The summed E-state index contributed by atoms with van der Waals surface area (Å²) in [6.07, 6.45) is 4.73. The van der Waals surface area contributed by atoms with Crippen LogP contribution in [0.25, 0.3) is 0 Å². The second kappa shape index (κ2) is 5.27. The smallest absolute Gasteiger partial charge is 0.337 e. The Morgan fingerprint density at radius 2 is 2.17 bits per heavy atom. The highest BCUT2D eigenvalue weighted by Crippen LogP contribution is 2.19. The zero-order valence-corrected chi connectivity index (χ0v) is 9.95. The maximum atomic E-state index is 11.1. The average Bonchev–Trinajstić information content (AvgIpc) is 2.40. The van der Waals surface area contributed by atoms with Crippen molar-refractivity contribution >= 4 is 11.7 Å². The third-order valence-electron chi connectivity index (χ3n) is 2.57. The van der Waals surface area contributed by atoms with Gasteiger partial charge in [-0.2, -0.15) is 0 Å². The summed E-state index contributed by atoms with van der Waals surface area (Å²) in [4.78, 5) is 21.1. The third-order valence-corrected chi connectivity index (χ3v) is 2.57. The van der Waals surface area contributed by atoms with Crippen molar-refractivity contribution in [2.45, 2.75) is 6.54 Å². The number of rotatable bonds is 4. The first-order valence-electron chi connectivity index (χ1n) is 5.47. The van der Waals surface area contributed by atoms with Gasteiger partial charge in [0.15, 0.2) is 0 Å². The van der Waals surface area contributed by atoms with Gasteiger partial charge < -0.3 is 10.0 Å². The van der Waals surface area contributed by atoms with Crippen LogP contribution in [0, 0.1) is 0 Å². The number of hydrogen-bond acceptors (Lipinski definition) is 4. The zero-order chi connectivity index (χ0) is 13.0. The summed E-state index contributed by atoms with van der Waals surface area (Å²) < 4.78 is 0. The molecular weight excluding hydrogens is 230 g/mol. The number of aromatic nitrogens is 2. The lowest BCUT2D eigenvalue weighted by atomic mass is 10.2. The van der Waals surface area contributed by atoms with E-state index in [1.807, 2.05) is 30.1 Å². The molecule has 0 unspecified atom stereocenters. The molecule has 2 heterocycles. The van der Waals surface area contributed by atoms with Crippen LogP contribution in [0.4, 0.5) is 5.69 Å². The number of anilines is 1. The Labute approximate surface area is 105 Å². The predicted octanol–water partition coefficient (Wildman–Crippen LogP) is 1.81. The molecule has 0 amide bonds. The number of nitrogens with zero attached hydrogens (tertiary/aromatic N) is 3. The Balaban J connectivity index is 2.24. The summed E-state index contributed by atoms with van der Waals surface area (Å²) in [5, 5.41) is 9.11. The van der Waals surface area contributed by atoms with Gasteiger partial charge >= 0.3 is 5.97 Å². The van der Waals surface area contributed by atoms with E-state index >= 15 is 0 Å². The predicted molar refractivity (Wildman–Crippen MR) is 67.5 cm³/mol. The van der Waals surface area contributed by atoms with E-state index in [9.17, 15) is 4.79 Å². The second-order valence-corrected chi connectivity index (χ2v) is 3.88. The van der Waals surface area contributed by atoms with E-state index in [0.717, 1.165) is 5.69 Å². The molecular formula is C13H13N3O2. The molecule has 5 nitrogen and oxygen atoms in total. The molecule has 0 saturated carbocycles. The molecule has 1 N–H and O–H groups in total. The lowest BCUT2D eigenvalue weighted by Crippen LogP contribution is -2.20. The number of carboxylic acid groups (broad SMARTS) is 1. The minimum Gasteiger partial charge on any atom is -0.478 e. The second-order valence-electron chi connectivity index (χ2n) is 3.88. The fourth-order valence-electron chi connectivity index (χ4n) is 1.69. The van der Waals surface area contributed by atoms with Crippen LogP contribution in [0.5, 0.6) is 0 Å². The third kappa shape index (κ3) is 2.63. The standard InChI is InChI=1S/C13H13N3O2/c1-16(9-10-4-2-3-6-15-10)12-8-14-7-5-11(12)13(17)18/h2-8H,9H2,1H3,(H,17,18). The highest BCUT2D eigenvalue weighted by Gasteiger charge is 2.13. The fraction of sp³-hybridized carbons (Fsp3) is 0.154. The van der Waals surface area contributed by atoms with Gasteiger partial charge in [-0.3, -0.25) is 9.97 Å². The van der Waals surface area contributed by atoms with E-state index < -0.39 is 5.97 Å². The lowest BCUT2D eigenvalue weighted by molar-refractivity contribution is 0.0697. The lowest BCUT2D eigenvalue weighted by Gasteiger charge is -2.20. The van der Waals surface area contributed by atoms with E-state index in [1.165, 1.54) is 12.3 Å². The number of hydrogen-bond donors (Lipinski definition) is 1. The molecule has 0 aliphatic carbocycles. The molecule has 0 bridgehead atoms. The number of aromatic carboxylic acids is 1. The molecule has 5 heteroatoms. The Morgan fingerprint density at radius 3 is 2.83 bits per heavy atom. The van der Waals surface area contributed by atoms with Crippen LogP contribution in [0.2, 0.25) is 0 Å². The summed E-state index contributed by atoms with van der Waals surface area (Å²) >= 11 is 0. The Bertz CT molecular complexity index is 543. The van der Waals surface area contributed by atoms with Crippen LogP contribution in [-0.4, -0.2) is 28.1 Å². The molecule has 0 spiro atoms.